The quantitative estimate of drug-likeness (QED) is 0.748. The average molecular weight is 378 g/mol. The smallest absolute Gasteiger partial charge is 0.342 e. The van der Waals surface area contributed by atoms with Gasteiger partial charge in [0, 0.05) is 11.1 Å². The largest absolute Gasteiger partial charge is 0.497 e. The molecule has 0 spiro atoms. The molecule has 0 aliphatic rings. The number of esters is 1. The first-order valence-electron chi connectivity index (χ1n) is 7.89. The number of amides is 1. The summed E-state index contributed by atoms with van der Waals surface area (Å²) in [4.78, 5) is 24.2. The van der Waals surface area contributed by atoms with Crippen LogP contribution in [0.3, 0.4) is 0 Å². The van der Waals surface area contributed by atoms with E-state index in [-0.39, 0.29) is 11.6 Å². The Morgan fingerprint density at radius 2 is 1.85 bits per heavy atom. The van der Waals surface area contributed by atoms with E-state index in [9.17, 15) is 9.59 Å². The molecule has 0 saturated heterocycles. The van der Waals surface area contributed by atoms with Crippen LogP contribution in [0.2, 0.25) is 5.02 Å². The predicted octanol–water partition coefficient (Wildman–Crippen LogP) is 3.39. The number of methoxy groups -OCH3 is 2. The van der Waals surface area contributed by atoms with E-state index < -0.39 is 18.5 Å². The maximum atomic E-state index is 12.2. The molecule has 0 radical (unpaired) electrons. The Bertz CT molecular complexity index is 793. The van der Waals surface area contributed by atoms with Crippen molar-refractivity contribution in [3.05, 3.63) is 58.6 Å². The van der Waals surface area contributed by atoms with Crippen LogP contribution in [-0.2, 0) is 9.53 Å². The van der Waals surface area contributed by atoms with Crippen molar-refractivity contribution < 1.29 is 23.8 Å². The molecule has 0 aliphatic heterocycles. The van der Waals surface area contributed by atoms with Gasteiger partial charge in [0.25, 0.3) is 5.91 Å². The fraction of sp³-hybridized carbons (Fsp3) is 0.263. The fourth-order valence-corrected chi connectivity index (χ4v) is 2.66. The summed E-state index contributed by atoms with van der Waals surface area (Å²) < 4.78 is 15.3. The number of rotatable bonds is 7. The van der Waals surface area contributed by atoms with E-state index in [0.717, 1.165) is 5.56 Å². The Hall–Kier alpha value is -2.73. The molecule has 0 fully saturated rings. The number of carbonyl (C=O) groups excluding carboxylic acids is 2. The summed E-state index contributed by atoms with van der Waals surface area (Å²) >= 11 is 6.11. The van der Waals surface area contributed by atoms with Crippen molar-refractivity contribution in [2.24, 2.45) is 0 Å². The number of ether oxygens (including phenoxy) is 3. The van der Waals surface area contributed by atoms with Gasteiger partial charge in [-0.1, -0.05) is 29.8 Å². The van der Waals surface area contributed by atoms with Crippen LogP contribution >= 0.6 is 11.6 Å². The summed E-state index contributed by atoms with van der Waals surface area (Å²) in [5, 5.41) is 3.29. The third-order valence-electron chi connectivity index (χ3n) is 3.71. The molecule has 1 N–H and O–H groups in total. The molecule has 0 aliphatic carbocycles. The first kappa shape index (κ1) is 19.6. The lowest BCUT2D eigenvalue weighted by molar-refractivity contribution is -0.124. The number of hydrogen-bond donors (Lipinski definition) is 1. The van der Waals surface area contributed by atoms with Crippen LogP contribution in [0.5, 0.6) is 11.5 Å². The van der Waals surface area contributed by atoms with E-state index in [2.05, 4.69) is 5.32 Å². The topological polar surface area (TPSA) is 73.9 Å². The standard InChI is InChI=1S/C19H20ClNO5/c1-12(14-6-4-5-7-16(14)20)21-18(22)11-26-19(23)15-9-8-13(24-2)10-17(15)25-3/h4-10,12H,11H2,1-3H3,(H,21,22)/t12-/m1/s1. The molecule has 0 unspecified atom stereocenters. The van der Waals surface area contributed by atoms with Gasteiger partial charge in [0.1, 0.15) is 17.1 Å². The van der Waals surface area contributed by atoms with E-state index in [0.29, 0.717) is 16.5 Å². The minimum atomic E-state index is -0.662. The second kappa shape index (κ2) is 9.10. The van der Waals surface area contributed by atoms with Gasteiger partial charge < -0.3 is 19.5 Å². The number of carbonyl (C=O) groups is 2. The number of hydrogen-bond acceptors (Lipinski definition) is 5. The van der Waals surface area contributed by atoms with Gasteiger partial charge in [0.05, 0.1) is 20.3 Å². The van der Waals surface area contributed by atoms with Gasteiger partial charge in [0.15, 0.2) is 6.61 Å². The lowest BCUT2D eigenvalue weighted by Gasteiger charge is -2.16. The van der Waals surface area contributed by atoms with Gasteiger partial charge in [0.2, 0.25) is 0 Å². The normalized spacial score (nSPS) is 11.4. The van der Waals surface area contributed by atoms with Crippen molar-refractivity contribution in [2.75, 3.05) is 20.8 Å². The zero-order valence-electron chi connectivity index (χ0n) is 14.7. The van der Waals surface area contributed by atoms with Gasteiger partial charge in [-0.15, -0.1) is 0 Å². The molecule has 1 atom stereocenters. The van der Waals surface area contributed by atoms with Gasteiger partial charge in [-0.05, 0) is 30.7 Å². The highest BCUT2D eigenvalue weighted by Gasteiger charge is 2.18. The average Bonchev–Trinajstić information content (AvgIpc) is 2.65. The molecule has 26 heavy (non-hydrogen) atoms. The summed E-state index contributed by atoms with van der Waals surface area (Å²) in [5.74, 6) is -0.243. The maximum Gasteiger partial charge on any atom is 0.342 e. The summed E-state index contributed by atoms with van der Waals surface area (Å²) in [5.41, 5.74) is 0.992. The molecule has 1 amide bonds. The Kier molecular flexibility index (Phi) is 6.86. The molecule has 2 aromatic carbocycles. The van der Waals surface area contributed by atoms with E-state index in [4.69, 9.17) is 25.8 Å². The number of nitrogens with one attached hydrogen (secondary N) is 1. The predicted molar refractivity (Wildman–Crippen MR) is 97.8 cm³/mol. The molecule has 138 valence electrons. The summed E-state index contributed by atoms with van der Waals surface area (Å²) in [6.07, 6.45) is 0. The fourth-order valence-electron chi connectivity index (χ4n) is 2.36. The molecule has 2 rings (SSSR count). The third kappa shape index (κ3) is 4.89. The highest BCUT2D eigenvalue weighted by molar-refractivity contribution is 6.31. The first-order chi connectivity index (χ1) is 12.5. The van der Waals surface area contributed by atoms with E-state index in [1.165, 1.54) is 20.3 Å². The van der Waals surface area contributed by atoms with E-state index in [1.807, 2.05) is 18.2 Å². The van der Waals surface area contributed by atoms with Gasteiger partial charge in [-0.25, -0.2) is 4.79 Å². The SMILES string of the molecule is COc1ccc(C(=O)OCC(=O)N[C@H](C)c2ccccc2Cl)c(OC)c1. The second-order valence-electron chi connectivity index (χ2n) is 5.45. The monoisotopic (exact) mass is 377 g/mol. The Balaban J connectivity index is 1.95. The zero-order chi connectivity index (χ0) is 19.1. The lowest BCUT2D eigenvalue weighted by atomic mass is 10.1. The van der Waals surface area contributed by atoms with Gasteiger partial charge in [-0.3, -0.25) is 4.79 Å². The van der Waals surface area contributed by atoms with Crippen molar-refractivity contribution in [2.45, 2.75) is 13.0 Å². The van der Waals surface area contributed by atoms with Crippen molar-refractivity contribution >= 4 is 23.5 Å². The summed E-state index contributed by atoms with van der Waals surface area (Å²) in [6.45, 7) is 1.39. The van der Waals surface area contributed by atoms with Gasteiger partial charge in [-0.2, -0.15) is 0 Å². The van der Waals surface area contributed by atoms with Crippen molar-refractivity contribution in [1.82, 2.24) is 5.32 Å². The maximum absolute atomic E-state index is 12.2. The lowest BCUT2D eigenvalue weighted by Crippen LogP contribution is -2.31. The first-order valence-corrected chi connectivity index (χ1v) is 8.27. The molecule has 0 saturated carbocycles. The highest BCUT2D eigenvalue weighted by Crippen LogP contribution is 2.25. The molecule has 7 heteroatoms. The number of halogens is 1. The summed E-state index contributed by atoms with van der Waals surface area (Å²) in [6, 6.07) is 11.6. The Morgan fingerprint density at radius 3 is 2.50 bits per heavy atom. The molecule has 6 nitrogen and oxygen atoms in total. The van der Waals surface area contributed by atoms with Crippen LogP contribution in [0.1, 0.15) is 28.9 Å². The molecule has 0 aromatic heterocycles. The van der Waals surface area contributed by atoms with Crippen LogP contribution in [0, 0.1) is 0 Å². The highest BCUT2D eigenvalue weighted by atomic mass is 35.5. The van der Waals surface area contributed by atoms with Crippen molar-refractivity contribution in [3.63, 3.8) is 0 Å². The molecular weight excluding hydrogens is 358 g/mol. The van der Waals surface area contributed by atoms with Crippen LogP contribution in [-0.4, -0.2) is 32.7 Å². The van der Waals surface area contributed by atoms with Crippen molar-refractivity contribution in [1.29, 1.82) is 0 Å². The molecule has 0 heterocycles. The van der Waals surface area contributed by atoms with Gasteiger partial charge >= 0.3 is 5.97 Å². The number of benzene rings is 2. The Morgan fingerprint density at radius 1 is 1.12 bits per heavy atom. The third-order valence-corrected chi connectivity index (χ3v) is 4.06. The Labute approximate surface area is 157 Å². The van der Waals surface area contributed by atoms with Crippen LogP contribution in [0.15, 0.2) is 42.5 Å². The summed E-state index contributed by atoms with van der Waals surface area (Å²) in [7, 11) is 2.95. The van der Waals surface area contributed by atoms with Crippen LogP contribution < -0.4 is 14.8 Å². The molecule has 2 aromatic rings. The molecule has 0 bridgehead atoms. The van der Waals surface area contributed by atoms with Crippen molar-refractivity contribution in [3.8, 4) is 11.5 Å². The zero-order valence-corrected chi connectivity index (χ0v) is 15.5. The minimum absolute atomic E-state index is 0.209. The van der Waals surface area contributed by atoms with Crippen LogP contribution in [0.4, 0.5) is 0 Å². The molecular formula is C19H20ClNO5. The second-order valence-corrected chi connectivity index (χ2v) is 5.86. The minimum Gasteiger partial charge on any atom is -0.497 e. The van der Waals surface area contributed by atoms with E-state index in [1.54, 1.807) is 25.1 Å². The van der Waals surface area contributed by atoms with Crippen LogP contribution in [0.25, 0.3) is 0 Å². The van der Waals surface area contributed by atoms with E-state index >= 15 is 0 Å².